The highest BCUT2D eigenvalue weighted by Gasteiger charge is 2.32. The molecule has 3 rings (SSSR count). The van der Waals surface area contributed by atoms with Gasteiger partial charge in [-0.3, -0.25) is 9.79 Å². The fourth-order valence-electron chi connectivity index (χ4n) is 3.47. The van der Waals surface area contributed by atoms with Crippen LogP contribution < -0.4 is 10.6 Å². The van der Waals surface area contributed by atoms with Gasteiger partial charge in [0, 0.05) is 32.1 Å². The maximum atomic E-state index is 12.5. The van der Waals surface area contributed by atoms with Crippen molar-refractivity contribution < 1.29 is 9.32 Å². The molecule has 2 N–H and O–H groups in total. The third kappa shape index (κ3) is 5.29. The van der Waals surface area contributed by atoms with Gasteiger partial charge in [-0.1, -0.05) is 18.0 Å². The molecular weight excluding hydrogens is 435 g/mol. The van der Waals surface area contributed by atoms with Crippen LogP contribution in [0.2, 0.25) is 0 Å². The van der Waals surface area contributed by atoms with E-state index in [1.807, 2.05) is 4.90 Å². The highest BCUT2D eigenvalue weighted by atomic mass is 127. The topological polar surface area (TPSA) is 95.7 Å². The van der Waals surface area contributed by atoms with E-state index in [4.69, 9.17) is 4.52 Å². The molecule has 2 aliphatic rings. The number of likely N-dealkylation sites (tertiary alicyclic amines) is 1. The number of rotatable bonds is 4. The lowest BCUT2D eigenvalue weighted by Crippen LogP contribution is -2.45. The van der Waals surface area contributed by atoms with Gasteiger partial charge in [0.2, 0.25) is 11.8 Å². The maximum Gasteiger partial charge on any atom is 0.246 e. The van der Waals surface area contributed by atoms with Crippen LogP contribution >= 0.6 is 24.0 Å². The molecule has 1 aliphatic carbocycles. The van der Waals surface area contributed by atoms with Crippen molar-refractivity contribution in [2.75, 3.05) is 20.1 Å². The Bertz CT molecular complexity index is 599. The van der Waals surface area contributed by atoms with Crippen LogP contribution in [0.15, 0.2) is 9.52 Å². The molecule has 25 heavy (non-hydrogen) atoms. The second-order valence-corrected chi connectivity index (χ2v) is 6.56. The molecule has 8 nitrogen and oxygen atoms in total. The highest BCUT2D eigenvalue weighted by Crippen LogP contribution is 2.27. The minimum Gasteiger partial charge on any atom is -0.352 e. The number of carbonyl (C=O) groups excluding carboxylic acids is 1. The van der Waals surface area contributed by atoms with Crippen LogP contribution in [0.1, 0.15) is 43.8 Å². The summed E-state index contributed by atoms with van der Waals surface area (Å²) < 4.78 is 5.08. The second kappa shape index (κ2) is 9.35. The molecule has 1 aliphatic heterocycles. The lowest BCUT2D eigenvalue weighted by molar-refractivity contribution is -0.134. The number of halogens is 1. The van der Waals surface area contributed by atoms with Crippen molar-refractivity contribution in [2.24, 2.45) is 10.9 Å². The number of carbonyl (C=O) groups is 1. The van der Waals surface area contributed by atoms with Crippen LogP contribution in [-0.4, -0.2) is 53.1 Å². The number of nitrogens with one attached hydrogen (secondary N) is 2. The standard InChI is InChI=1S/C16H26N6O2.HI/c1-11-19-14(24-21-11)9-18-16(17-2)20-13-7-8-22(10-13)15(23)12-5-3-4-6-12;/h12-13H,3-10H2,1-2H3,(H2,17,18,20);1H. The Morgan fingerprint density at radius 1 is 1.36 bits per heavy atom. The van der Waals surface area contributed by atoms with Crippen LogP contribution in [0.25, 0.3) is 0 Å². The van der Waals surface area contributed by atoms with Crippen molar-refractivity contribution in [1.29, 1.82) is 0 Å². The van der Waals surface area contributed by atoms with Gasteiger partial charge in [0.1, 0.15) is 0 Å². The molecule has 0 bridgehead atoms. The first-order valence-corrected chi connectivity index (χ1v) is 8.71. The predicted octanol–water partition coefficient (Wildman–Crippen LogP) is 1.45. The number of aryl methyl sites for hydroxylation is 1. The van der Waals surface area contributed by atoms with E-state index in [-0.39, 0.29) is 35.9 Å². The molecule has 0 radical (unpaired) electrons. The van der Waals surface area contributed by atoms with Gasteiger partial charge in [0.05, 0.1) is 6.54 Å². The van der Waals surface area contributed by atoms with Gasteiger partial charge in [-0.05, 0) is 26.2 Å². The van der Waals surface area contributed by atoms with Crippen molar-refractivity contribution in [2.45, 2.75) is 51.6 Å². The Morgan fingerprint density at radius 2 is 2.12 bits per heavy atom. The predicted molar refractivity (Wildman–Crippen MR) is 105 cm³/mol. The summed E-state index contributed by atoms with van der Waals surface area (Å²) in [4.78, 5) is 22.9. The molecule has 140 valence electrons. The molecule has 1 saturated carbocycles. The van der Waals surface area contributed by atoms with E-state index in [1.165, 1.54) is 12.8 Å². The minimum absolute atomic E-state index is 0. The fraction of sp³-hybridized carbons (Fsp3) is 0.750. The average Bonchev–Trinajstić information content (AvgIpc) is 3.32. The Hall–Kier alpha value is -1.39. The number of nitrogens with zero attached hydrogens (tertiary/aromatic N) is 4. The molecule has 1 saturated heterocycles. The Balaban J connectivity index is 0.00000225. The Kier molecular flexibility index (Phi) is 7.45. The Labute approximate surface area is 165 Å². The summed E-state index contributed by atoms with van der Waals surface area (Å²) in [6.45, 7) is 3.79. The van der Waals surface area contributed by atoms with Crippen molar-refractivity contribution in [1.82, 2.24) is 25.7 Å². The van der Waals surface area contributed by atoms with Crippen LogP contribution in [0.5, 0.6) is 0 Å². The van der Waals surface area contributed by atoms with Gasteiger partial charge >= 0.3 is 0 Å². The largest absolute Gasteiger partial charge is 0.352 e. The van der Waals surface area contributed by atoms with E-state index in [9.17, 15) is 4.79 Å². The smallest absolute Gasteiger partial charge is 0.246 e. The normalized spacial score (nSPS) is 21.3. The summed E-state index contributed by atoms with van der Waals surface area (Å²) in [5, 5.41) is 10.3. The lowest BCUT2D eigenvalue weighted by Gasteiger charge is -2.21. The Morgan fingerprint density at radius 3 is 2.76 bits per heavy atom. The summed E-state index contributed by atoms with van der Waals surface area (Å²) in [5.41, 5.74) is 0. The van der Waals surface area contributed by atoms with Crippen LogP contribution in [0.3, 0.4) is 0 Å². The average molecular weight is 462 g/mol. The van der Waals surface area contributed by atoms with E-state index in [2.05, 4.69) is 25.8 Å². The van der Waals surface area contributed by atoms with E-state index in [1.54, 1.807) is 14.0 Å². The van der Waals surface area contributed by atoms with Gasteiger partial charge in [-0.2, -0.15) is 4.98 Å². The van der Waals surface area contributed by atoms with E-state index in [0.29, 0.717) is 30.1 Å². The zero-order chi connectivity index (χ0) is 16.9. The van der Waals surface area contributed by atoms with E-state index in [0.717, 1.165) is 32.4 Å². The monoisotopic (exact) mass is 462 g/mol. The number of guanidine groups is 1. The maximum absolute atomic E-state index is 12.5. The molecule has 2 heterocycles. The molecule has 2 fully saturated rings. The van der Waals surface area contributed by atoms with Gasteiger partial charge < -0.3 is 20.1 Å². The van der Waals surface area contributed by atoms with Crippen LogP contribution in [0.4, 0.5) is 0 Å². The second-order valence-electron chi connectivity index (χ2n) is 6.56. The number of amides is 1. The molecule has 1 atom stereocenters. The molecular formula is C16H27IN6O2. The third-order valence-electron chi connectivity index (χ3n) is 4.75. The molecule has 0 aromatic carbocycles. The van der Waals surface area contributed by atoms with E-state index < -0.39 is 0 Å². The molecule has 1 unspecified atom stereocenters. The highest BCUT2D eigenvalue weighted by molar-refractivity contribution is 14.0. The molecule has 1 amide bonds. The molecule has 1 aromatic rings. The first kappa shape index (κ1) is 19.9. The number of aromatic nitrogens is 2. The van der Waals surface area contributed by atoms with Gasteiger partial charge in [-0.25, -0.2) is 0 Å². The summed E-state index contributed by atoms with van der Waals surface area (Å²) >= 11 is 0. The van der Waals surface area contributed by atoms with Crippen molar-refractivity contribution in [3.63, 3.8) is 0 Å². The quantitative estimate of drug-likeness (QED) is 0.400. The lowest BCUT2D eigenvalue weighted by atomic mass is 10.1. The van der Waals surface area contributed by atoms with E-state index >= 15 is 0 Å². The van der Waals surface area contributed by atoms with Crippen molar-refractivity contribution in [3.05, 3.63) is 11.7 Å². The summed E-state index contributed by atoms with van der Waals surface area (Å²) in [5.74, 6) is 2.42. The van der Waals surface area contributed by atoms with Gasteiger partial charge in [-0.15, -0.1) is 24.0 Å². The van der Waals surface area contributed by atoms with Crippen LogP contribution in [-0.2, 0) is 11.3 Å². The summed E-state index contributed by atoms with van der Waals surface area (Å²) in [7, 11) is 1.73. The molecule has 0 spiro atoms. The van der Waals surface area contributed by atoms with Crippen LogP contribution in [0, 0.1) is 12.8 Å². The minimum atomic E-state index is 0. The van der Waals surface area contributed by atoms with Gasteiger partial charge in [0.25, 0.3) is 0 Å². The molecule has 9 heteroatoms. The first-order chi connectivity index (χ1) is 11.7. The summed E-state index contributed by atoms with van der Waals surface area (Å²) in [6, 6.07) is 0.228. The summed E-state index contributed by atoms with van der Waals surface area (Å²) in [6.07, 6.45) is 5.44. The molecule has 1 aromatic heterocycles. The van der Waals surface area contributed by atoms with Gasteiger partial charge in [0.15, 0.2) is 11.8 Å². The fourth-order valence-corrected chi connectivity index (χ4v) is 3.47. The zero-order valence-electron chi connectivity index (χ0n) is 14.8. The number of hydrogen-bond donors (Lipinski definition) is 2. The SMILES string of the molecule is CN=C(NCc1nc(C)no1)NC1CCN(C(=O)C2CCCC2)C1.I. The van der Waals surface area contributed by atoms with Crippen molar-refractivity contribution in [3.8, 4) is 0 Å². The van der Waals surface area contributed by atoms with Crippen molar-refractivity contribution >= 4 is 35.8 Å². The first-order valence-electron chi connectivity index (χ1n) is 8.71. The number of hydrogen-bond acceptors (Lipinski definition) is 5. The number of aliphatic imine (C=N–C) groups is 1. The zero-order valence-corrected chi connectivity index (χ0v) is 17.2. The third-order valence-corrected chi connectivity index (χ3v) is 4.75.